The first kappa shape index (κ1) is 19.5. The van der Waals surface area contributed by atoms with Gasteiger partial charge >= 0.3 is 0 Å². The van der Waals surface area contributed by atoms with Crippen LogP contribution in [0.25, 0.3) is 0 Å². The minimum Gasteiger partial charge on any atom is -0.323 e. The summed E-state index contributed by atoms with van der Waals surface area (Å²) >= 11 is 5.96. The van der Waals surface area contributed by atoms with Crippen molar-refractivity contribution in [3.05, 3.63) is 82.6 Å². The first-order valence-corrected chi connectivity index (χ1v) is 10.4. The second-order valence-corrected chi connectivity index (χ2v) is 8.28. The fourth-order valence-corrected chi connectivity index (χ4v) is 4.11. The Labute approximate surface area is 183 Å². The van der Waals surface area contributed by atoms with Crippen molar-refractivity contribution >= 4 is 35.0 Å². The van der Waals surface area contributed by atoms with E-state index in [0.717, 1.165) is 18.4 Å². The third kappa shape index (κ3) is 3.41. The molecular formula is C23H19ClN4O3. The monoisotopic (exact) mass is 434 g/mol. The number of fused-ring (bicyclic) bond motifs is 1. The van der Waals surface area contributed by atoms with E-state index in [1.807, 2.05) is 12.1 Å². The standard InChI is InChI=1S/C23H19ClN4O3/c24-16-7-5-15(6-8-16)23(9-10-23)22(31)26-17-13-25-27(14-17)11-12-28-20(29)18-3-1-2-4-19(18)21(28)30/h1-8,13-14H,9-12H2,(H,26,31). The average Bonchev–Trinajstić information content (AvgIpc) is 3.41. The number of hydrogen-bond donors (Lipinski definition) is 1. The number of hydrogen-bond acceptors (Lipinski definition) is 4. The summed E-state index contributed by atoms with van der Waals surface area (Å²) in [7, 11) is 0. The van der Waals surface area contributed by atoms with Gasteiger partial charge in [-0.3, -0.25) is 24.0 Å². The van der Waals surface area contributed by atoms with Crippen LogP contribution in [0.5, 0.6) is 0 Å². The molecule has 0 spiro atoms. The fourth-order valence-electron chi connectivity index (χ4n) is 3.99. The number of carbonyl (C=O) groups is 3. The second-order valence-electron chi connectivity index (χ2n) is 7.84. The summed E-state index contributed by atoms with van der Waals surface area (Å²) in [5, 5.41) is 7.82. The number of imide groups is 1. The maximum Gasteiger partial charge on any atom is 0.261 e. The van der Waals surface area contributed by atoms with Gasteiger partial charge in [0.05, 0.1) is 35.0 Å². The zero-order chi connectivity index (χ0) is 21.6. The van der Waals surface area contributed by atoms with Gasteiger partial charge in [0.2, 0.25) is 5.91 Å². The highest BCUT2D eigenvalue weighted by atomic mass is 35.5. The Morgan fingerprint density at radius 3 is 2.26 bits per heavy atom. The lowest BCUT2D eigenvalue weighted by molar-refractivity contribution is -0.118. The molecule has 1 fully saturated rings. The lowest BCUT2D eigenvalue weighted by atomic mass is 9.95. The lowest BCUT2D eigenvalue weighted by Gasteiger charge is -2.15. The molecule has 2 aromatic carbocycles. The number of rotatable bonds is 6. The zero-order valence-electron chi connectivity index (χ0n) is 16.5. The van der Waals surface area contributed by atoms with Gasteiger partial charge in [0.15, 0.2) is 0 Å². The maximum absolute atomic E-state index is 12.9. The zero-order valence-corrected chi connectivity index (χ0v) is 17.3. The van der Waals surface area contributed by atoms with Crippen LogP contribution in [-0.2, 0) is 16.8 Å². The van der Waals surface area contributed by atoms with Crippen LogP contribution in [0.1, 0.15) is 39.1 Å². The molecule has 1 saturated carbocycles. The number of aromatic nitrogens is 2. The van der Waals surface area contributed by atoms with Crippen molar-refractivity contribution in [1.29, 1.82) is 0 Å². The van der Waals surface area contributed by atoms with E-state index in [-0.39, 0.29) is 24.3 Å². The molecule has 0 saturated heterocycles. The molecule has 1 aliphatic carbocycles. The summed E-state index contributed by atoms with van der Waals surface area (Å²) in [6, 6.07) is 14.2. The summed E-state index contributed by atoms with van der Waals surface area (Å²) in [4.78, 5) is 39.0. The molecule has 0 radical (unpaired) electrons. The van der Waals surface area contributed by atoms with Crippen LogP contribution in [0.2, 0.25) is 5.02 Å². The number of nitrogens with one attached hydrogen (secondary N) is 1. The molecule has 1 aromatic heterocycles. The Balaban J connectivity index is 1.22. The van der Waals surface area contributed by atoms with E-state index in [1.165, 1.54) is 4.90 Å². The van der Waals surface area contributed by atoms with Crippen LogP contribution in [0.4, 0.5) is 5.69 Å². The minimum atomic E-state index is -0.521. The fraction of sp³-hybridized carbons (Fsp3) is 0.217. The largest absolute Gasteiger partial charge is 0.323 e. The summed E-state index contributed by atoms with van der Waals surface area (Å²) in [6.45, 7) is 0.541. The quantitative estimate of drug-likeness (QED) is 0.602. The average molecular weight is 435 g/mol. The van der Waals surface area contributed by atoms with Gasteiger partial charge < -0.3 is 5.32 Å². The van der Waals surface area contributed by atoms with Crippen LogP contribution >= 0.6 is 11.6 Å². The summed E-state index contributed by atoms with van der Waals surface area (Å²) in [5.41, 5.74) is 1.86. The number of anilines is 1. The van der Waals surface area contributed by atoms with Crippen LogP contribution in [-0.4, -0.2) is 38.9 Å². The molecule has 5 rings (SSSR count). The van der Waals surface area contributed by atoms with E-state index in [1.54, 1.807) is 53.5 Å². The van der Waals surface area contributed by atoms with Gasteiger partial charge in [0, 0.05) is 17.8 Å². The highest BCUT2D eigenvalue weighted by Crippen LogP contribution is 2.49. The van der Waals surface area contributed by atoms with Crippen LogP contribution < -0.4 is 5.32 Å². The van der Waals surface area contributed by atoms with Gasteiger partial charge in [-0.05, 0) is 42.7 Å². The van der Waals surface area contributed by atoms with E-state index >= 15 is 0 Å². The third-order valence-electron chi connectivity index (χ3n) is 5.90. The van der Waals surface area contributed by atoms with Crippen LogP contribution in [0, 0.1) is 0 Å². The van der Waals surface area contributed by atoms with E-state index in [2.05, 4.69) is 10.4 Å². The van der Waals surface area contributed by atoms with E-state index in [4.69, 9.17) is 11.6 Å². The predicted molar refractivity (Wildman–Crippen MR) is 115 cm³/mol. The molecule has 7 nitrogen and oxygen atoms in total. The number of benzene rings is 2. The minimum absolute atomic E-state index is 0.0743. The smallest absolute Gasteiger partial charge is 0.261 e. The van der Waals surface area contributed by atoms with E-state index in [9.17, 15) is 14.4 Å². The van der Waals surface area contributed by atoms with E-state index in [0.29, 0.717) is 28.4 Å². The van der Waals surface area contributed by atoms with Gasteiger partial charge in [-0.15, -0.1) is 0 Å². The summed E-state index contributed by atoms with van der Waals surface area (Å²) < 4.78 is 1.61. The van der Waals surface area contributed by atoms with Crippen molar-refractivity contribution < 1.29 is 14.4 Å². The second kappa shape index (κ2) is 7.35. The molecule has 3 aromatic rings. The Hall–Kier alpha value is -3.45. The Bertz CT molecular complexity index is 1160. The van der Waals surface area contributed by atoms with Gasteiger partial charge in [0.1, 0.15) is 0 Å². The summed E-state index contributed by atoms with van der Waals surface area (Å²) in [5.74, 6) is -0.658. The molecule has 3 amide bonds. The summed E-state index contributed by atoms with van der Waals surface area (Å²) in [6.07, 6.45) is 4.84. The van der Waals surface area contributed by atoms with Gasteiger partial charge in [-0.1, -0.05) is 35.9 Å². The van der Waals surface area contributed by atoms with Crippen LogP contribution in [0.3, 0.4) is 0 Å². The van der Waals surface area contributed by atoms with Crippen molar-refractivity contribution in [2.75, 3.05) is 11.9 Å². The van der Waals surface area contributed by atoms with Crippen molar-refractivity contribution in [3.63, 3.8) is 0 Å². The molecule has 1 aliphatic heterocycles. The SMILES string of the molecule is O=C1c2ccccc2C(=O)N1CCn1cc(NC(=O)C2(c3ccc(Cl)cc3)CC2)cn1. The van der Waals surface area contributed by atoms with E-state index < -0.39 is 5.41 Å². The lowest BCUT2D eigenvalue weighted by Crippen LogP contribution is -2.33. The molecule has 2 aliphatic rings. The molecule has 0 bridgehead atoms. The Morgan fingerprint density at radius 1 is 1.00 bits per heavy atom. The number of carbonyl (C=O) groups excluding carboxylic acids is 3. The molecule has 0 atom stereocenters. The molecule has 2 heterocycles. The van der Waals surface area contributed by atoms with Gasteiger partial charge in [0.25, 0.3) is 11.8 Å². The molecular weight excluding hydrogens is 416 g/mol. The predicted octanol–water partition coefficient (Wildman–Crippen LogP) is 3.50. The van der Waals surface area contributed by atoms with Crippen molar-refractivity contribution in [2.24, 2.45) is 0 Å². The number of nitrogens with zero attached hydrogens (tertiary/aromatic N) is 3. The molecule has 31 heavy (non-hydrogen) atoms. The van der Waals surface area contributed by atoms with Crippen molar-refractivity contribution in [3.8, 4) is 0 Å². The Kier molecular flexibility index (Phi) is 4.63. The number of halogens is 1. The van der Waals surface area contributed by atoms with Gasteiger partial charge in [-0.2, -0.15) is 5.10 Å². The molecule has 1 N–H and O–H groups in total. The topological polar surface area (TPSA) is 84.3 Å². The highest BCUT2D eigenvalue weighted by molar-refractivity contribution is 6.30. The maximum atomic E-state index is 12.9. The Morgan fingerprint density at radius 2 is 1.65 bits per heavy atom. The third-order valence-corrected chi connectivity index (χ3v) is 6.16. The highest BCUT2D eigenvalue weighted by Gasteiger charge is 2.51. The van der Waals surface area contributed by atoms with Crippen LogP contribution in [0.15, 0.2) is 60.9 Å². The molecule has 8 heteroatoms. The molecule has 156 valence electrons. The normalized spacial score (nSPS) is 16.4. The molecule has 0 unspecified atom stereocenters. The number of amides is 3. The first-order chi connectivity index (χ1) is 15.0. The van der Waals surface area contributed by atoms with Crippen molar-refractivity contribution in [1.82, 2.24) is 14.7 Å². The van der Waals surface area contributed by atoms with Crippen molar-refractivity contribution in [2.45, 2.75) is 24.8 Å². The first-order valence-electron chi connectivity index (χ1n) is 10.0. The van der Waals surface area contributed by atoms with Gasteiger partial charge in [-0.25, -0.2) is 0 Å².